The number of nitrogens with zero attached hydrogens (tertiary/aromatic N) is 2. The van der Waals surface area contributed by atoms with Crippen LogP contribution in [-0.2, 0) is 9.53 Å². The number of hydrogen-bond donors (Lipinski definition) is 0. The number of aromatic nitrogens is 1. The van der Waals surface area contributed by atoms with Gasteiger partial charge >= 0.3 is 5.97 Å². The van der Waals surface area contributed by atoms with Crippen LogP contribution >= 0.6 is 22.7 Å². The number of rotatable bonds is 3. The number of thiophene rings is 1. The average molecular weight is 465 g/mol. The number of thiazole rings is 1. The number of ether oxygens (including phenoxy) is 2. The lowest BCUT2D eigenvalue weighted by Gasteiger charge is -2.23. The van der Waals surface area contributed by atoms with Crippen LogP contribution in [0.1, 0.15) is 30.3 Å². The van der Waals surface area contributed by atoms with Crippen LogP contribution < -0.4 is 19.6 Å². The third-order valence-electron chi connectivity index (χ3n) is 5.55. The lowest BCUT2D eigenvalue weighted by Crippen LogP contribution is -2.39. The molecule has 2 atom stereocenters. The highest BCUT2D eigenvalue weighted by Crippen LogP contribution is 2.33. The monoisotopic (exact) mass is 464 g/mol. The molecule has 0 saturated carbocycles. The minimum absolute atomic E-state index is 0.187. The van der Waals surface area contributed by atoms with Gasteiger partial charge in [-0.25, -0.2) is 9.79 Å². The number of carbonyl (C=O) groups excluding carboxylic acids is 1. The lowest BCUT2D eigenvalue weighted by atomic mass is 10.0. The Morgan fingerprint density at radius 2 is 2.06 bits per heavy atom. The van der Waals surface area contributed by atoms with Crippen molar-refractivity contribution in [3.63, 3.8) is 0 Å². The summed E-state index contributed by atoms with van der Waals surface area (Å²) in [6.07, 6.45) is 3.72. The molecule has 3 aromatic rings. The van der Waals surface area contributed by atoms with Crippen molar-refractivity contribution in [2.45, 2.75) is 26.0 Å². The van der Waals surface area contributed by atoms with E-state index < -0.39 is 12.0 Å². The summed E-state index contributed by atoms with van der Waals surface area (Å²) in [6.45, 7) is 3.74. The van der Waals surface area contributed by atoms with E-state index in [2.05, 4.69) is 4.99 Å². The number of allylic oxidation sites excluding steroid dienone is 1. The molecule has 2 aliphatic heterocycles. The first-order valence-electron chi connectivity index (χ1n) is 10.1. The van der Waals surface area contributed by atoms with Crippen LogP contribution in [0.4, 0.5) is 0 Å². The van der Waals surface area contributed by atoms with Crippen LogP contribution in [-0.4, -0.2) is 23.8 Å². The van der Waals surface area contributed by atoms with Crippen LogP contribution in [0.25, 0.3) is 12.2 Å². The van der Waals surface area contributed by atoms with Gasteiger partial charge in [-0.2, -0.15) is 0 Å². The van der Waals surface area contributed by atoms with Gasteiger partial charge in [0.05, 0.1) is 22.9 Å². The van der Waals surface area contributed by atoms with Gasteiger partial charge in [0.25, 0.3) is 5.56 Å². The van der Waals surface area contributed by atoms with E-state index in [0.29, 0.717) is 20.6 Å². The molecule has 2 aromatic heterocycles. The van der Waals surface area contributed by atoms with Crippen LogP contribution in [0, 0.1) is 0 Å². The SMILES string of the molecule is COC(=O)C1=C(C)N=c2s/c(=C\C3=Cc4ccccc4OC3C)c(=O)n2C1c1cccs1. The molecule has 32 heavy (non-hydrogen) atoms. The molecule has 2 unspecified atom stereocenters. The topological polar surface area (TPSA) is 69.9 Å². The fourth-order valence-corrected chi connectivity index (χ4v) is 5.85. The Labute approximate surface area is 192 Å². The summed E-state index contributed by atoms with van der Waals surface area (Å²) in [5.74, 6) is 0.349. The Kier molecular flexibility index (Phi) is 5.19. The van der Waals surface area contributed by atoms with Crippen LogP contribution in [0.3, 0.4) is 0 Å². The molecule has 162 valence electrons. The highest BCUT2D eigenvalue weighted by atomic mass is 32.1. The van der Waals surface area contributed by atoms with E-state index in [1.165, 1.54) is 29.8 Å². The van der Waals surface area contributed by atoms with Gasteiger partial charge < -0.3 is 9.47 Å². The summed E-state index contributed by atoms with van der Waals surface area (Å²) in [5.41, 5.74) is 2.64. The zero-order chi connectivity index (χ0) is 22.4. The molecule has 6 nitrogen and oxygen atoms in total. The molecular weight excluding hydrogens is 444 g/mol. The molecule has 0 saturated heterocycles. The zero-order valence-corrected chi connectivity index (χ0v) is 19.3. The molecule has 0 aliphatic carbocycles. The molecule has 4 heterocycles. The second kappa shape index (κ2) is 8.03. The van der Waals surface area contributed by atoms with Gasteiger partial charge in [0, 0.05) is 10.4 Å². The van der Waals surface area contributed by atoms with Gasteiger partial charge in [-0.15, -0.1) is 11.3 Å². The third kappa shape index (κ3) is 3.36. The normalized spacial score (nSPS) is 20.1. The third-order valence-corrected chi connectivity index (χ3v) is 7.46. The maximum absolute atomic E-state index is 13.6. The van der Waals surface area contributed by atoms with Crippen molar-refractivity contribution in [3.8, 4) is 5.75 Å². The van der Waals surface area contributed by atoms with Crippen molar-refractivity contribution in [2.24, 2.45) is 4.99 Å². The molecule has 2 aliphatic rings. The predicted octanol–water partition coefficient (Wildman–Crippen LogP) is 3.29. The Balaban J connectivity index is 1.70. The first-order chi connectivity index (χ1) is 15.5. The minimum Gasteiger partial charge on any atom is -0.485 e. The molecule has 0 radical (unpaired) electrons. The zero-order valence-electron chi connectivity index (χ0n) is 17.7. The van der Waals surface area contributed by atoms with Crippen LogP contribution in [0.15, 0.2) is 68.4 Å². The Bertz CT molecular complexity index is 1460. The molecule has 0 bridgehead atoms. The maximum Gasteiger partial charge on any atom is 0.338 e. The molecule has 0 amide bonds. The van der Waals surface area contributed by atoms with E-state index in [1.807, 2.05) is 60.9 Å². The molecule has 0 fully saturated rings. The highest BCUT2D eigenvalue weighted by molar-refractivity contribution is 7.10. The fraction of sp³-hybridized carbons (Fsp3) is 0.208. The largest absolute Gasteiger partial charge is 0.485 e. The maximum atomic E-state index is 13.6. The number of hydrogen-bond acceptors (Lipinski definition) is 7. The molecule has 5 rings (SSSR count). The number of carbonyl (C=O) groups is 1. The molecule has 0 N–H and O–H groups in total. The first-order valence-corrected chi connectivity index (χ1v) is 11.8. The second-order valence-electron chi connectivity index (χ2n) is 7.53. The number of esters is 1. The highest BCUT2D eigenvalue weighted by Gasteiger charge is 2.33. The van der Waals surface area contributed by atoms with Crippen molar-refractivity contribution in [3.05, 3.63) is 88.7 Å². The quantitative estimate of drug-likeness (QED) is 0.558. The molecule has 1 aromatic carbocycles. The number of para-hydroxylation sites is 1. The predicted molar refractivity (Wildman–Crippen MR) is 126 cm³/mol. The number of benzene rings is 1. The minimum atomic E-state index is -0.560. The van der Waals surface area contributed by atoms with Crippen LogP contribution in [0.5, 0.6) is 5.75 Å². The fourth-order valence-electron chi connectivity index (χ4n) is 3.98. The standard InChI is InChI=1S/C24H20N2O4S2/c1-13-20(23(28)29-3)21(18-9-6-10-31-18)26-22(27)19(32-24(26)25-13)12-16-11-15-7-4-5-8-17(15)30-14(16)2/h4-12,14,21H,1-3H3/b19-12-. The molecule has 8 heteroatoms. The summed E-state index contributed by atoms with van der Waals surface area (Å²) in [7, 11) is 1.34. The van der Waals surface area contributed by atoms with Gasteiger partial charge in [0.15, 0.2) is 4.80 Å². The van der Waals surface area contributed by atoms with Gasteiger partial charge in [-0.1, -0.05) is 35.6 Å². The van der Waals surface area contributed by atoms with E-state index in [1.54, 1.807) is 11.5 Å². The average Bonchev–Trinajstić information content (AvgIpc) is 3.41. The van der Waals surface area contributed by atoms with E-state index >= 15 is 0 Å². The second-order valence-corrected chi connectivity index (χ2v) is 9.52. The van der Waals surface area contributed by atoms with E-state index in [9.17, 15) is 9.59 Å². The van der Waals surface area contributed by atoms with Gasteiger partial charge in [0.1, 0.15) is 17.9 Å². The summed E-state index contributed by atoms with van der Waals surface area (Å²) in [6, 6.07) is 11.1. The Hall–Kier alpha value is -3.23. The summed E-state index contributed by atoms with van der Waals surface area (Å²) in [4.78, 5) is 32.2. The number of fused-ring (bicyclic) bond motifs is 2. The van der Waals surface area contributed by atoms with E-state index in [4.69, 9.17) is 9.47 Å². The van der Waals surface area contributed by atoms with Crippen molar-refractivity contribution in [1.82, 2.24) is 4.57 Å². The van der Waals surface area contributed by atoms with Crippen molar-refractivity contribution >= 4 is 40.8 Å². The smallest absolute Gasteiger partial charge is 0.338 e. The van der Waals surface area contributed by atoms with Gasteiger partial charge in [-0.05, 0) is 49.1 Å². The molecular formula is C24H20N2O4S2. The van der Waals surface area contributed by atoms with Gasteiger partial charge in [-0.3, -0.25) is 9.36 Å². The Morgan fingerprint density at radius 3 is 2.81 bits per heavy atom. The summed E-state index contributed by atoms with van der Waals surface area (Å²) >= 11 is 2.81. The summed E-state index contributed by atoms with van der Waals surface area (Å²) < 4.78 is 13.2. The number of methoxy groups -OCH3 is 1. The van der Waals surface area contributed by atoms with Gasteiger partial charge in [0.2, 0.25) is 0 Å². The van der Waals surface area contributed by atoms with Crippen LogP contribution in [0.2, 0.25) is 0 Å². The van der Waals surface area contributed by atoms with E-state index in [0.717, 1.165) is 21.8 Å². The van der Waals surface area contributed by atoms with E-state index in [-0.39, 0.29) is 11.7 Å². The van der Waals surface area contributed by atoms with Crippen molar-refractivity contribution in [2.75, 3.05) is 7.11 Å². The first kappa shape index (κ1) is 20.7. The Morgan fingerprint density at radius 1 is 1.25 bits per heavy atom. The van der Waals surface area contributed by atoms with Crippen molar-refractivity contribution < 1.29 is 14.3 Å². The lowest BCUT2D eigenvalue weighted by molar-refractivity contribution is -0.136. The summed E-state index contributed by atoms with van der Waals surface area (Å²) in [5, 5.41) is 1.93. The van der Waals surface area contributed by atoms with Crippen molar-refractivity contribution in [1.29, 1.82) is 0 Å². The molecule has 0 spiro atoms.